The van der Waals surface area contributed by atoms with Crippen molar-refractivity contribution in [3.63, 3.8) is 0 Å². The average molecular weight is 407 g/mol. The Labute approximate surface area is 170 Å². The molecule has 0 saturated heterocycles. The Morgan fingerprint density at radius 3 is 2.36 bits per heavy atom. The lowest BCUT2D eigenvalue weighted by Gasteiger charge is -2.09. The van der Waals surface area contributed by atoms with Crippen LogP contribution in [0, 0.1) is 0 Å². The van der Waals surface area contributed by atoms with Crippen LogP contribution in [0.4, 0.5) is 0 Å². The number of para-hydroxylation sites is 1. The second kappa shape index (κ2) is 6.86. The number of rotatable bonds is 4. The standard InChI is InChI=1S/C22H15ClN2O2S/c1-26-16-10-12-17(13-11-16)27-21-20(14-6-8-15(23)9-7-14)24-22-25(21)18-4-2-3-5-19(18)28-22/h2-13H,1H3. The summed E-state index contributed by atoms with van der Waals surface area (Å²) in [6.07, 6.45) is 0. The third-order valence-electron chi connectivity index (χ3n) is 4.50. The molecule has 3 aromatic carbocycles. The first kappa shape index (κ1) is 17.1. The van der Waals surface area contributed by atoms with E-state index >= 15 is 0 Å². The normalized spacial score (nSPS) is 11.2. The van der Waals surface area contributed by atoms with Crippen LogP contribution in [-0.4, -0.2) is 16.5 Å². The van der Waals surface area contributed by atoms with Crippen molar-refractivity contribution in [2.75, 3.05) is 7.11 Å². The first-order valence-corrected chi connectivity index (χ1v) is 9.90. The summed E-state index contributed by atoms with van der Waals surface area (Å²) >= 11 is 7.70. The van der Waals surface area contributed by atoms with Crippen molar-refractivity contribution in [3.05, 3.63) is 77.8 Å². The predicted molar refractivity (Wildman–Crippen MR) is 114 cm³/mol. The summed E-state index contributed by atoms with van der Waals surface area (Å²) in [7, 11) is 1.65. The molecule has 4 nitrogen and oxygen atoms in total. The summed E-state index contributed by atoms with van der Waals surface area (Å²) in [6.45, 7) is 0. The Kier molecular flexibility index (Phi) is 4.19. The molecule has 0 radical (unpaired) electrons. The number of thiazole rings is 1. The SMILES string of the molecule is COc1ccc(Oc2c(-c3ccc(Cl)cc3)nc3sc4ccccc4n23)cc1. The van der Waals surface area contributed by atoms with Gasteiger partial charge in [0, 0.05) is 10.6 Å². The van der Waals surface area contributed by atoms with E-state index in [2.05, 4.69) is 16.5 Å². The van der Waals surface area contributed by atoms with Crippen molar-refractivity contribution in [2.24, 2.45) is 0 Å². The Morgan fingerprint density at radius 2 is 1.61 bits per heavy atom. The van der Waals surface area contributed by atoms with Gasteiger partial charge in [0.05, 0.1) is 17.3 Å². The van der Waals surface area contributed by atoms with E-state index in [0.717, 1.165) is 32.2 Å². The number of methoxy groups -OCH3 is 1. The van der Waals surface area contributed by atoms with Crippen LogP contribution in [-0.2, 0) is 0 Å². The lowest BCUT2D eigenvalue weighted by atomic mass is 10.1. The molecule has 2 aromatic heterocycles. The van der Waals surface area contributed by atoms with Crippen LogP contribution in [0.5, 0.6) is 17.4 Å². The topological polar surface area (TPSA) is 35.8 Å². The minimum absolute atomic E-state index is 0.680. The number of aromatic nitrogens is 2. The van der Waals surface area contributed by atoms with E-state index in [4.69, 9.17) is 26.1 Å². The van der Waals surface area contributed by atoms with E-state index < -0.39 is 0 Å². The smallest absolute Gasteiger partial charge is 0.233 e. The lowest BCUT2D eigenvalue weighted by molar-refractivity contribution is 0.412. The number of imidazole rings is 1. The summed E-state index contributed by atoms with van der Waals surface area (Å²) in [5.41, 5.74) is 2.80. The summed E-state index contributed by atoms with van der Waals surface area (Å²) in [5.74, 6) is 2.18. The van der Waals surface area contributed by atoms with Gasteiger partial charge < -0.3 is 9.47 Å². The molecule has 0 aliphatic rings. The largest absolute Gasteiger partial charge is 0.497 e. The van der Waals surface area contributed by atoms with Gasteiger partial charge in [-0.25, -0.2) is 4.98 Å². The summed E-state index contributed by atoms with van der Waals surface area (Å²) in [6, 6.07) is 23.4. The van der Waals surface area contributed by atoms with E-state index in [-0.39, 0.29) is 0 Å². The minimum Gasteiger partial charge on any atom is -0.497 e. The van der Waals surface area contributed by atoms with E-state index in [9.17, 15) is 0 Å². The van der Waals surface area contributed by atoms with Crippen molar-refractivity contribution in [3.8, 4) is 28.6 Å². The molecule has 6 heteroatoms. The number of hydrogen-bond donors (Lipinski definition) is 0. The molecule has 5 rings (SSSR count). The number of halogens is 1. The third-order valence-corrected chi connectivity index (χ3v) is 5.78. The second-order valence-corrected chi connectivity index (χ2v) is 7.68. The van der Waals surface area contributed by atoms with Gasteiger partial charge in [-0.2, -0.15) is 0 Å². The molecule has 2 heterocycles. The zero-order valence-corrected chi connectivity index (χ0v) is 16.5. The minimum atomic E-state index is 0.680. The van der Waals surface area contributed by atoms with E-state index in [1.54, 1.807) is 18.4 Å². The van der Waals surface area contributed by atoms with Gasteiger partial charge in [0.2, 0.25) is 5.88 Å². The van der Waals surface area contributed by atoms with Gasteiger partial charge in [0.15, 0.2) is 4.96 Å². The Morgan fingerprint density at radius 1 is 0.893 bits per heavy atom. The van der Waals surface area contributed by atoms with Crippen LogP contribution < -0.4 is 9.47 Å². The van der Waals surface area contributed by atoms with E-state index in [0.29, 0.717) is 16.7 Å². The van der Waals surface area contributed by atoms with Gasteiger partial charge >= 0.3 is 0 Å². The maximum absolute atomic E-state index is 6.33. The molecule has 0 spiro atoms. The van der Waals surface area contributed by atoms with Crippen LogP contribution >= 0.6 is 22.9 Å². The summed E-state index contributed by atoms with van der Waals surface area (Å²) in [4.78, 5) is 5.75. The maximum atomic E-state index is 6.33. The van der Waals surface area contributed by atoms with Crippen molar-refractivity contribution in [1.29, 1.82) is 0 Å². The Bertz CT molecular complexity index is 1270. The maximum Gasteiger partial charge on any atom is 0.233 e. The molecule has 0 unspecified atom stereocenters. The zero-order valence-electron chi connectivity index (χ0n) is 14.9. The lowest BCUT2D eigenvalue weighted by Crippen LogP contribution is -1.92. The highest BCUT2D eigenvalue weighted by atomic mass is 35.5. The Balaban J connectivity index is 1.72. The molecule has 0 saturated carbocycles. The van der Waals surface area contributed by atoms with Crippen molar-refractivity contribution >= 4 is 38.1 Å². The van der Waals surface area contributed by atoms with Crippen LogP contribution in [0.1, 0.15) is 0 Å². The first-order valence-electron chi connectivity index (χ1n) is 8.71. The zero-order chi connectivity index (χ0) is 19.1. The molecule has 0 fully saturated rings. The van der Waals surface area contributed by atoms with Crippen LogP contribution in [0.25, 0.3) is 26.4 Å². The molecular formula is C22H15ClN2O2S. The number of nitrogens with zero attached hydrogens (tertiary/aromatic N) is 2. The number of ether oxygens (including phenoxy) is 2. The molecule has 5 aromatic rings. The van der Waals surface area contributed by atoms with Crippen LogP contribution in [0.15, 0.2) is 72.8 Å². The van der Waals surface area contributed by atoms with Gasteiger partial charge in [0.1, 0.15) is 17.2 Å². The number of fused-ring (bicyclic) bond motifs is 3. The molecule has 0 amide bonds. The van der Waals surface area contributed by atoms with Crippen molar-refractivity contribution < 1.29 is 9.47 Å². The van der Waals surface area contributed by atoms with Crippen LogP contribution in [0.2, 0.25) is 5.02 Å². The van der Waals surface area contributed by atoms with Gasteiger partial charge in [-0.05, 0) is 48.5 Å². The predicted octanol–water partition coefficient (Wildman–Crippen LogP) is 6.67. The molecule has 28 heavy (non-hydrogen) atoms. The molecule has 0 aliphatic carbocycles. The van der Waals surface area contributed by atoms with Gasteiger partial charge in [-0.3, -0.25) is 4.40 Å². The molecule has 0 atom stereocenters. The van der Waals surface area contributed by atoms with Gasteiger partial charge in [0.25, 0.3) is 0 Å². The highest BCUT2D eigenvalue weighted by Gasteiger charge is 2.20. The number of benzene rings is 3. The highest BCUT2D eigenvalue weighted by molar-refractivity contribution is 7.23. The second-order valence-electron chi connectivity index (χ2n) is 6.24. The molecular weight excluding hydrogens is 392 g/mol. The van der Waals surface area contributed by atoms with Gasteiger partial charge in [-0.1, -0.05) is 47.2 Å². The highest BCUT2D eigenvalue weighted by Crippen LogP contribution is 2.39. The first-order chi connectivity index (χ1) is 13.7. The van der Waals surface area contributed by atoms with Crippen LogP contribution in [0.3, 0.4) is 0 Å². The fourth-order valence-corrected chi connectivity index (χ4v) is 4.28. The fourth-order valence-electron chi connectivity index (χ4n) is 3.14. The molecule has 0 bridgehead atoms. The van der Waals surface area contributed by atoms with Crippen molar-refractivity contribution in [2.45, 2.75) is 0 Å². The molecule has 0 aliphatic heterocycles. The third kappa shape index (κ3) is 2.89. The average Bonchev–Trinajstić information content (AvgIpc) is 3.26. The molecule has 0 N–H and O–H groups in total. The quantitative estimate of drug-likeness (QED) is 0.334. The van der Waals surface area contributed by atoms with Crippen molar-refractivity contribution in [1.82, 2.24) is 9.38 Å². The van der Waals surface area contributed by atoms with E-state index in [1.807, 2.05) is 60.7 Å². The number of hydrogen-bond acceptors (Lipinski definition) is 4. The molecule has 138 valence electrons. The summed E-state index contributed by atoms with van der Waals surface area (Å²) < 4.78 is 14.8. The summed E-state index contributed by atoms with van der Waals surface area (Å²) in [5, 5.41) is 0.688. The van der Waals surface area contributed by atoms with Gasteiger partial charge in [-0.15, -0.1) is 0 Å². The van der Waals surface area contributed by atoms with E-state index in [1.165, 1.54) is 0 Å². The fraction of sp³-hybridized carbons (Fsp3) is 0.0455. The Hall–Kier alpha value is -3.02. The monoisotopic (exact) mass is 406 g/mol.